The molecule has 1 aliphatic rings. The molecule has 1 aromatic carbocycles. The molecule has 31 heavy (non-hydrogen) atoms. The highest BCUT2D eigenvalue weighted by atomic mass is 32.1. The number of fused-ring (bicyclic) bond motifs is 1. The van der Waals surface area contributed by atoms with E-state index in [4.69, 9.17) is 4.74 Å². The number of thiophene rings is 1. The zero-order chi connectivity index (χ0) is 21.2. The van der Waals surface area contributed by atoms with Crippen molar-refractivity contribution in [2.45, 2.75) is 6.42 Å². The first-order valence-corrected chi connectivity index (χ1v) is 10.9. The van der Waals surface area contributed by atoms with Gasteiger partial charge in [0, 0.05) is 37.1 Å². The van der Waals surface area contributed by atoms with Crippen molar-refractivity contribution in [1.29, 1.82) is 0 Å². The van der Waals surface area contributed by atoms with Crippen LogP contribution in [-0.2, 0) is 11.2 Å². The Morgan fingerprint density at radius 2 is 2.00 bits per heavy atom. The van der Waals surface area contributed by atoms with Gasteiger partial charge >= 0.3 is 0 Å². The maximum absolute atomic E-state index is 12.6. The number of carbonyl (C=O) groups is 1. The number of hydrogen-bond donors (Lipinski definition) is 0. The summed E-state index contributed by atoms with van der Waals surface area (Å²) in [5.41, 5.74) is 2.09. The van der Waals surface area contributed by atoms with Crippen LogP contribution in [0.3, 0.4) is 0 Å². The van der Waals surface area contributed by atoms with Gasteiger partial charge in [-0.1, -0.05) is 17.3 Å². The lowest BCUT2D eigenvalue weighted by Gasteiger charge is -2.35. The van der Waals surface area contributed by atoms with Crippen LogP contribution in [0.5, 0.6) is 5.75 Å². The fourth-order valence-electron chi connectivity index (χ4n) is 3.73. The van der Waals surface area contributed by atoms with Gasteiger partial charge in [-0.2, -0.15) is 4.68 Å². The highest BCUT2D eigenvalue weighted by Gasteiger charge is 2.25. The summed E-state index contributed by atoms with van der Waals surface area (Å²) in [6, 6.07) is 11.6. The fraction of sp³-hybridized carbons (Fsp3) is 0.286. The molecule has 10 heteroatoms. The van der Waals surface area contributed by atoms with Crippen molar-refractivity contribution in [3.05, 3.63) is 53.0 Å². The molecule has 5 rings (SSSR count). The number of rotatable bonds is 5. The van der Waals surface area contributed by atoms with Crippen molar-refractivity contribution in [1.82, 2.24) is 29.9 Å². The van der Waals surface area contributed by atoms with Crippen molar-refractivity contribution in [3.8, 4) is 11.4 Å². The Kier molecular flexibility index (Phi) is 5.21. The number of hydrogen-bond acceptors (Lipinski definition) is 8. The van der Waals surface area contributed by atoms with Gasteiger partial charge in [-0.05, 0) is 23.6 Å². The summed E-state index contributed by atoms with van der Waals surface area (Å²) in [6.45, 7) is 2.68. The number of amides is 1. The van der Waals surface area contributed by atoms with Gasteiger partial charge in [-0.3, -0.25) is 4.79 Å². The van der Waals surface area contributed by atoms with Gasteiger partial charge in [0.1, 0.15) is 12.1 Å². The Bertz CT molecular complexity index is 1200. The van der Waals surface area contributed by atoms with Crippen molar-refractivity contribution in [2.24, 2.45) is 0 Å². The summed E-state index contributed by atoms with van der Waals surface area (Å²) < 4.78 is 7.00. The third kappa shape index (κ3) is 3.81. The molecule has 9 nitrogen and oxygen atoms in total. The van der Waals surface area contributed by atoms with E-state index in [0.717, 1.165) is 22.1 Å². The minimum Gasteiger partial charge on any atom is -0.497 e. The van der Waals surface area contributed by atoms with Gasteiger partial charge in [-0.15, -0.1) is 16.4 Å². The molecular weight excluding hydrogens is 414 g/mol. The summed E-state index contributed by atoms with van der Waals surface area (Å²) in [5, 5.41) is 10.7. The Labute approximate surface area is 182 Å². The molecule has 0 atom stereocenters. The van der Waals surface area contributed by atoms with E-state index < -0.39 is 0 Å². The number of benzene rings is 1. The molecule has 0 bridgehead atoms. The lowest BCUT2D eigenvalue weighted by Crippen LogP contribution is -2.49. The first-order valence-electron chi connectivity index (χ1n) is 9.99. The molecule has 158 valence electrons. The first kappa shape index (κ1) is 19.4. The molecule has 1 amide bonds. The largest absolute Gasteiger partial charge is 0.497 e. The zero-order valence-electron chi connectivity index (χ0n) is 17.0. The normalized spacial score (nSPS) is 14.2. The van der Waals surface area contributed by atoms with Gasteiger partial charge in [0.25, 0.3) is 0 Å². The minimum atomic E-state index is 0.166. The lowest BCUT2D eigenvalue weighted by molar-refractivity contribution is -0.130. The molecule has 3 aromatic heterocycles. The van der Waals surface area contributed by atoms with Crippen molar-refractivity contribution in [3.63, 3.8) is 0 Å². The Hall–Kier alpha value is -3.53. The fourth-order valence-corrected chi connectivity index (χ4v) is 4.42. The summed E-state index contributed by atoms with van der Waals surface area (Å²) in [4.78, 5) is 26.6. The molecule has 0 radical (unpaired) electrons. The molecule has 1 aliphatic heterocycles. The average molecular weight is 436 g/mol. The van der Waals surface area contributed by atoms with Crippen molar-refractivity contribution < 1.29 is 9.53 Å². The van der Waals surface area contributed by atoms with Crippen LogP contribution in [0.4, 0.5) is 5.82 Å². The topological polar surface area (TPSA) is 89.3 Å². The number of anilines is 1. The van der Waals surface area contributed by atoms with Gasteiger partial charge in [0.2, 0.25) is 5.91 Å². The highest BCUT2D eigenvalue weighted by Crippen LogP contribution is 2.25. The Morgan fingerprint density at radius 3 is 2.77 bits per heavy atom. The molecule has 1 fully saturated rings. The predicted octanol–water partition coefficient (Wildman–Crippen LogP) is 2.17. The molecule has 0 aliphatic carbocycles. The third-order valence-corrected chi connectivity index (χ3v) is 6.23. The van der Waals surface area contributed by atoms with Crippen LogP contribution in [-0.4, -0.2) is 69.1 Å². The van der Waals surface area contributed by atoms with E-state index in [1.54, 1.807) is 23.1 Å². The van der Waals surface area contributed by atoms with Gasteiger partial charge in [0.15, 0.2) is 17.0 Å². The van der Waals surface area contributed by atoms with Crippen LogP contribution in [0.15, 0.2) is 48.1 Å². The van der Waals surface area contributed by atoms with E-state index >= 15 is 0 Å². The van der Waals surface area contributed by atoms with Crippen molar-refractivity contribution in [2.75, 3.05) is 38.2 Å². The molecular formula is C21H21N7O2S. The SMILES string of the molecule is COc1cccc(-n2nnc3c(N4CCN(C(=O)Cc5cccs5)CC4)ncnc32)c1. The summed E-state index contributed by atoms with van der Waals surface area (Å²) >= 11 is 1.62. The second kappa shape index (κ2) is 8.31. The van der Waals surface area contributed by atoms with Crippen LogP contribution in [0.2, 0.25) is 0 Å². The number of aromatic nitrogens is 5. The minimum absolute atomic E-state index is 0.166. The quantitative estimate of drug-likeness (QED) is 0.475. The Morgan fingerprint density at radius 1 is 1.13 bits per heavy atom. The lowest BCUT2D eigenvalue weighted by atomic mass is 10.2. The second-order valence-electron chi connectivity index (χ2n) is 7.20. The third-order valence-electron chi connectivity index (χ3n) is 5.35. The molecule has 4 heterocycles. The zero-order valence-corrected chi connectivity index (χ0v) is 17.8. The number of piperazine rings is 1. The van der Waals surface area contributed by atoms with E-state index in [1.807, 2.05) is 46.7 Å². The molecule has 1 saturated heterocycles. The predicted molar refractivity (Wildman–Crippen MR) is 118 cm³/mol. The number of nitrogens with zero attached hydrogens (tertiary/aromatic N) is 7. The molecule has 0 N–H and O–H groups in total. The maximum atomic E-state index is 12.6. The van der Waals surface area contributed by atoms with Crippen LogP contribution in [0.25, 0.3) is 16.9 Å². The molecule has 0 saturated carbocycles. The van der Waals surface area contributed by atoms with Crippen LogP contribution >= 0.6 is 11.3 Å². The summed E-state index contributed by atoms with van der Waals surface area (Å²) in [6.07, 6.45) is 2.00. The van der Waals surface area contributed by atoms with E-state index in [9.17, 15) is 4.79 Å². The number of ether oxygens (including phenoxy) is 1. The average Bonchev–Trinajstić information content (AvgIpc) is 3.49. The molecule has 4 aromatic rings. The van der Waals surface area contributed by atoms with Crippen LogP contribution in [0.1, 0.15) is 4.88 Å². The summed E-state index contributed by atoms with van der Waals surface area (Å²) in [5.74, 6) is 1.64. The van der Waals surface area contributed by atoms with Gasteiger partial charge < -0.3 is 14.5 Å². The number of carbonyl (C=O) groups excluding carboxylic acids is 1. The summed E-state index contributed by atoms with van der Waals surface area (Å²) in [7, 11) is 1.63. The number of methoxy groups -OCH3 is 1. The molecule has 0 spiro atoms. The van der Waals surface area contributed by atoms with E-state index in [1.165, 1.54) is 6.33 Å². The van der Waals surface area contributed by atoms with Crippen LogP contribution in [0, 0.1) is 0 Å². The second-order valence-corrected chi connectivity index (χ2v) is 8.23. The highest BCUT2D eigenvalue weighted by molar-refractivity contribution is 7.10. The standard InChI is InChI=1S/C21H21N7O2S/c1-30-16-5-2-4-15(12-16)28-21-19(24-25-28)20(22-14-23-21)27-9-7-26(8-10-27)18(29)13-17-6-3-11-31-17/h2-6,11-12,14H,7-10,13H2,1H3. The molecule has 0 unspecified atom stereocenters. The maximum Gasteiger partial charge on any atom is 0.227 e. The van der Waals surface area contributed by atoms with E-state index in [0.29, 0.717) is 43.8 Å². The van der Waals surface area contributed by atoms with Gasteiger partial charge in [-0.25, -0.2) is 9.97 Å². The first-order chi connectivity index (χ1) is 15.2. The van der Waals surface area contributed by atoms with Crippen LogP contribution < -0.4 is 9.64 Å². The Balaban J connectivity index is 1.34. The monoisotopic (exact) mass is 435 g/mol. The van der Waals surface area contributed by atoms with Gasteiger partial charge in [0.05, 0.1) is 19.2 Å². The van der Waals surface area contributed by atoms with E-state index in [-0.39, 0.29) is 5.91 Å². The van der Waals surface area contributed by atoms with E-state index in [2.05, 4.69) is 25.2 Å². The van der Waals surface area contributed by atoms with Crippen molar-refractivity contribution >= 4 is 34.2 Å². The smallest absolute Gasteiger partial charge is 0.227 e.